The van der Waals surface area contributed by atoms with Crippen LogP contribution >= 0.6 is 0 Å². The molecule has 0 aromatic carbocycles. The van der Waals surface area contributed by atoms with E-state index >= 15 is 0 Å². The van der Waals surface area contributed by atoms with E-state index in [1.807, 2.05) is 20.8 Å². The van der Waals surface area contributed by atoms with Crippen molar-refractivity contribution < 1.29 is 5.11 Å². The number of anilines is 2. The second-order valence-electron chi connectivity index (χ2n) is 5.15. The van der Waals surface area contributed by atoms with E-state index in [9.17, 15) is 5.11 Å². The number of hydrogen-bond donors (Lipinski definition) is 4. The molecule has 0 spiro atoms. The first-order chi connectivity index (χ1) is 7.69. The minimum Gasteiger partial charge on any atom is -0.388 e. The molecule has 0 aliphatic carbocycles. The Morgan fingerprint density at radius 1 is 1.18 bits per heavy atom. The molecular formula is C11H21N5O. The minimum atomic E-state index is -0.888. The van der Waals surface area contributed by atoms with Crippen LogP contribution in [0.4, 0.5) is 11.6 Å². The first-order valence-corrected chi connectivity index (χ1v) is 5.48. The Bertz CT molecular complexity index is 397. The van der Waals surface area contributed by atoms with E-state index in [4.69, 9.17) is 5.84 Å². The van der Waals surface area contributed by atoms with Crippen molar-refractivity contribution in [2.24, 2.45) is 5.84 Å². The molecule has 0 amide bonds. The summed E-state index contributed by atoms with van der Waals surface area (Å²) in [6, 6.07) is 0. The summed E-state index contributed by atoms with van der Waals surface area (Å²) in [6.45, 7) is 9.17. The SMILES string of the molecule is Cc1c(NN)ncnc1NC(C)(C)C(C)(C)O. The third kappa shape index (κ3) is 2.83. The number of nitrogens with one attached hydrogen (secondary N) is 2. The number of aromatic nitrogens is 2. The Kier molecular flexibility index (Phi) is 3.59. The molecule has 96 valence electrons. The molecule has 6 nitrogen and oxygen atoms in total. The van der Waals surface area contributed by atoms with Gasteiger partial charge in [0.2, 0.25) is 0 Å². The van der Waals surface area contributed by atoms with E-state index in [-0.39, 0.29) is 0 Å². The van der Waals surface area contributed by atoms with Crippen molar-refractivity contribution in [3.63, 3.8) is 0 Å². The number of nitrogen functional groups attached to an aromatic ring is 1. The summed E-state index contributed by atoms with van der Waals surface area (Å²) in [7, 11) is 0. The largest absolute Gasteiger partial charge is 0.388 e. The molecule has 0 fully saturated rings. The Hall–Kier alpha value is -1.40. The Labute approximate surface area is 102 Å². The lowest BCUT2D eigenvalue weighted by atomic mass is 9.86. The van der Waals surface area contributed by atoms with E-state index in [0.717, 1.165) is 5.56 Å². The Balaban J connectivity index is 3.04. The number of nitrogens with zero attached hydrogens (tertiary/aromatic N) is 2. The van der Waals surface area contributed by atoms with Gasteiger partial charge in [0.05, 0.1) is 11.1 Å². The van der Waals surface area contributed by atoms with Gasteiger partial charge in [0.1, 0.15) is 18.0 Å². The maximum absolute atomic E-state index is 10.1. The predicted octanol–water partition coefficient (Wildman–Crippen LogP) is 1.03. The van der Waals surface area contributed by atoms with Gasteiger partial charge in [-0.3, -0.25) is 0 Å². The topological polar surface area (TPSA) is 96.1 Å². The highest BCUT2D eigenvalue weighted by Gasteiger charge is 2.35. The van der Waals surface area contributed by atoms with Crippen molar-refractivity contribution in [2.75, 3.05) is 10.7 Å². The average molecular weight is 239 g/mol. The molecule has 5 N–H and O–H groups in total. The number of nitrogens with two attached hydrogens (primary N) is 1. The maximum atomic E-state index is 10.1. The van der Waals surface area contributed by atoms with Gasteiger partial charge in [-0.15, -0.1) is 0 Å². The lowest BCUT2D eigenvalue weighted by Crippen LogP contribution is -2.51. The molecule has 1 heterocycles. The van der Waals surface area contributed by atoms with E-state index in [1.54, 1.807) is 13.8 Å². The van der Waals surface area contributed by atoms with Crippen molar-refractivity contribution in [3.8, 4) is 0 Å². The monoisotopic (exact) mass is 239 g/mol. The first kappa shape index (κ1) is 13.7. The fraction of sp³-hybridized carbons (Fsp3) is 0.636. The van der Waals surface area contributed by atoms with Crippen LogP contribution in [0.25, 0.3) is 0 Å². The molecule has 1 aromatic rings. The number of rotatable bonds is 4. The fourth-order valence-electron chi connectivity index (χ4n) is 1.17. The summed E-state index contributed by atoms with van der Waals surface area (Å²) < 4.78 is 0. The standard InChI is InChI=1S/C11H21N5O/c1-7-8(13-6-14-9(7)16-12)15-10(2,3)11(4,5)17/h6,17H,12H2,1-5H3,(H2,13,14,15,16). The fourth-order valence-corrected chi connectivity index (χ4v) is 1.17. The highest BCUT2D eigenvalue weighted by molar-refractivity contribution is 5.57. The summed E-state index contributed by atoms with van der Waals surface area (Å²) >= 11 is 0. The van der Waals surface area contributed by atoms with E-state index in [2.05, 4.69) is 20.7 Å². The number of hydrazine groups is 1. The molecule has 0 aliphatic rings. The molecule has 0 atom stereocenters. The number of hydrogen-bond acceptors (Lipinski definition) is 6. The van der Waals surface area contributed by atoms with Crippen LogP contribution < -0.4 is 16.6 Å². The van der Waals surface area contributed by atoms with Crippen molar-refractivity contribution in [2.45, 2.75) is 45.8 Å². The zero-order chi connectivity index (χ0) is 13.3. The Morgan fingerprint density at radius 2 is 1.71 bits per heavy atom. The van der Waals surface area contributed by atoms with Crippen molar-refractivity contribution in [3.05, 3.63) is 11.9 Å². The van der Waals surface area contributed by atoms with Gasteiger partial charge in [0.15, 0.2) is 0 Å². The van der Waals surface area contributed by atoms with E-state index in [0.29, 0.717) is 11.6 Å². The lowest BCUT2D eigenvalue weighted by molar-refractivity contribution is 0.0238. The lowest BCUT2D eigenvalue weighted by Gasteiger charge is -2.38. The molecule has 0 radical (unpaired) electrons. The molecule has 1 aromatic heterocycles. The second-order valence-corrected chi connectivity index (χ2v) is 5.15. The summed E-state index contributed by atoms with van der Waals surface area (Å²) in [5, 5.41) is 13.3. The van der Waals surface area contributed by atoms with Gasteiger partial charge in [-0.2, -0.15) is 0 Å². The molecular weight excluding hydrogens is 218 g/mol. The van der Waals surface area contributed by atoms with Gasteiger partial charge in [0, 0.05) is 5.56 Å². The van der Waals surface area contributed by atoms with Crippen LogP contribution in [0.1, 0.15) is 33.3 Å². The number of aliphatic hydroxyl groups is 1. The zero-order valence-corrected chi connectivity index (χ0v) is 11.0. The van der Waals surface area contributed by atoms with Crippen LogP contribution in [0.5, 0.6) is 0 Å². The highest BCUT2D eigenvalue weighted by Crippen LogP contribution is 2.27. The molecule has 6 heteroatoms. The zero-order valence-electron chi connectivity index (χ0n) is 11.0. The molecule has 0 unspecified atom stereocenters. The van der Waals surface area contributed by atoms with Gasteiger partial charge >= 0.3 is 0 Å². The predicted molar refractivity (Wildman–Crippen MR) is 68.6 cm³/mol. The Morgan fingerprint density at radius 3 is 2.18 bits per heavy atom. The van der Waals surface area contributed by atoms with Gasteiger partial charge in [-0.05, 0) is 34.6 Å². The van der Waals surface area contributed by atoms with E-state index in [1.165, 1.54) is 6.33 Å². The van der Waals surface area contributed by atoms with Crippen LogP contribution in [0.2, 0.25) is 0 Å². The summed E-state index contributed by atoms with van der Waals surface area (Å²) in [4.78, 5) is 8.16. The second kappa shape index (κ2) is 4.46. The third-order valence-electron chi connectivity index (χ3n) is 3.18. The van der Waals surface area contributed by atoms with Crippen molar-refractivity contribution >= 4 is 11.6 Å². The average Bonchev–Trinajstić information content (AvgIpc) is 2.19. The molecule has 0 aliphatic heterocycles. The summed E-state index contributed by atoms with van der Waals surface area (Å²) in [5.41, 5.74) is 1.90. The van der Waals surface area contributed by atoms with Crippen molar-refractivity contribution in [1.29, 1.82) is 0 Å². The van der Waals surface area contributed by atoms with Crippen LogP contribution in [0.15, 0.2) is 6.33 Å². The summed E-state index contributed by atoms with van der Waals surface area (Å²) in [6.07, 6.45) is 1.42. The van der Waals surface area contributed by atoms with Crippen molar-refractivity contribution in [1.82, 2.24) is 9.97 Å². The molecule has 0 saturated carbocycles. The normalized spacial score (nSPS) is 12.4. The van der Waals surface area contributed by atoms with Crippen LogP contribution in [-0.2, 0) is 0 Å². The van der Waals surface area contributed by atoms with Gasteiger partial charge < -0.3 is 15.8 Å². The molecule has 17 heavy (non-hydrogen) atoms. The van der Waals surface area contributed by atoms with Gasteiger partial charge in [-0.1, -0.05) is 0 Å². The maximum Gasteiger partial charge on any atom is 0.148 e. The van der Waals surface area contributed by atoms with Crippen LogP contribution in [0.3, 0.4) is 0 Å². The minimum absolute atomic E-state index is 0.530. The molecule has 0 saturated heterocycles. The first-order valence-electron chi connectivity index (χ1n) is 5.48. The molecule has 0 bridgehead atoms. The van der Waals surface area contributed by atoms with Gasteiger partial charge in [0.25, 0.3) is 0 Å². The summed E-state index contributed by atoms with van der Waals surface area (Å²) in [5.74, 6) is 6.57. The third-order valence-corrected chi connectivity index (χ3v) is 3.18. The quantitative estimate of drug-likeness (QED) is 0.463. The molecule has 1 rings (SSSR count). The highest BCUT2D eigenvalue weighted by atomic mass is 16.3. The smallest absolute Gasteiger partial charge is 0.148 e. The van der Waals surface area contributed by atoms with E-state index < -0.39 is 11.1 Å². The van der Waals surface area contributed by atoms with Crippen LogP contribution in [-0.4, -0.2) is 26.2 Å². The van der Waals surface area contributed by atoms with Crippen LogP contribution in [0, 0.1) is 6.92 Å². The van der Waals surface area contributed by atoms with Gasteiger partial charge in [-0.25, -0.2) is 15.8 Å².